The smallest absolute Gasteiger partial charge is 0.323 e. The van der Waals surface area contributed by atoms with Crippen molar-refractivity contribution < 1.29 is 18.9 Å². The summed E-state index contributed by atoms with van der Waals surface area (Å²) in [6.45, 7) is 2.14. The summed E-state index contributed by atoms with van der Waals surface area (Å²) in [6.07, 6.45) is 9.95. The Bertz CT molecular complexity index is 571. The van der Waals surface area contributed by atoms with Gasteiger partial charge in [0.15, 0.2) is 0 Å². The van der Waals surface area contributed by atoms with Gasteiger partial charge in [-0.05, 0) is 49.1 Å². The summed E-state index contributed by atoms with van der Waals surface area (Å²) in [4.78, 5) is 17.7. The third-order valence-electron chi connectivity index (χ3n) is 5.18. The minimum absolute atomic E-state index is 0.0936. The van der Waals surface area contributed by atoms with Crippen molar-refractivity contribution in [3.05, 3.63) is 35.4 Å². The molecule has 25 heavy (non-hydrogen) atoms. The molecule has 1 aliphatic carbocycles. The van der Waals surface area contributed by atoms with Gasteiger partial charge in [-0.3, -0.25) is 4.52 Å². The Balaban J connectivity index is 1.81. The third-order valence-corrected chi connectivity index (χ3v) is 5.65. The predicted octanol–water partition coefficient (Wildman–Crippen LogP) is 4.27. The first-order valence-electron chi connectivity index (χ1n) is 9.39. The van der Waals surface area contributed by atoms with Gasteiger partial charge in [0.25, 0.3) is 0 Å². The highest BCUT2D eigenvalue weighted by atomic mass is 31.2. The van der Waals surface area contributed by atoms with Crippen LogP contribution in [0.25, 0.3) is 0 Å². The fourth-order valence-corrected chi connectivity index (χ4v) is 4.10. The number of rotatable bonds is 10. The molecule has 1 fully saturated rings. The van der Waals surface area contributed by atoms with Gasteiger partial charge in [0, 0.05) is 5.54 Å². The van der Waals surface area contributed by atoms with Crippen molar-refractivity contribution in [2.24, 2.45) is 5.73 Å². The molecule has 1 aliphatic rings. The topological polar surface area (TPSA) is 92.8 Å². The summed E-state index contributed by atoms with van der Waals surface area (Å²) >= 11 is 0. The van der Waals surface area contributed by atoms with E-state index >= 15 is 0 Å². The monoisotopic (exact) mass is 369 g/mol. The second-order valence-electron chi connectivity index (χ2n) is 7.47. The molecule has 0 spiro atoms. The summed E-state index contributed by atoms with van der Waals surface area (Å²) in [5, 5.41) is 0. The van der Waals surface area contributed by atoms with Crippen LogP contribution in [0.4, 0.5) is 0 Å². The SMILES string of the molecule is CCCCCCCc1ccc([C@H]2CC[C@@](N)(COP(=O)(O)O)C2)cc1. The van der Waals surface area contributed by atoms with Gasteiger partial charge in [0.05, 0.1) is 6.61 Å². The van der Waals surface area contributed by atoms with Crippen LogP contribution in [-0.2, 0) is 15.5 Å². The van der Waals surface area contributed by atoms with Crippen molar-refractivity contribution in [3.63, 3.8) is 0 Å². The van der Waals surface area contributed by atoms with Gasteiger partial charge in [0.1, 0.15) is 0 Å². The number of unbranched alkanes of at least 4 members (excludes halogenated alkanes) is 4. The van der Waals surface area contributed by atoms with Crippen molar-refractivity contribution >= 4 is 7.82 Å². The fourth-order valence-electron chi connectivity index (χ4n) is 3.67. The number of aryl methyl sites for hydroxylation is 1. The van der Waals surface area contributed by atoms with Gasteiger partial charge >= 0.3 is 7.82 Å². The third kappa shape index (κ3) is 7.20. The molecule has 0 aliphatic heterocycles. The van der Waals surface area contributed by atoms with Gasteiger partial charge in [-0.15, -0.1) is 0 Å². The second-order valence-corrected chi connectivity index (χ2v) is 8.71. The molecule has 0 unspecified atom stereocenters. The molecule has 0 saturated heterocycles. The standard InChI is InChI=1S/C19H32NO4P/c1-2-3-4-5-6-7-16-8-10-17(11-9-16)18-12-13-19(20,14-18)15-24-25(21,22)23/h8-11,18H,2-7,12-15,20H2,1H3,(H2,21,22,23)/t18-,19-/m0/s1. The zero-order valence-corrected chi connectivity index (χ0v) is 16.1. The number of phosphoric ester groups is 1. The fraction of sp³-hybridized carbons (Fsp3) is 0.684. The predicted molar refractivity (Wildman–Crippen MR) is 100 cm³/mol. The van der Waals surface area contributed by atoms with Crippen LogP contribution in [0.2, 0.25) is 0 Å². The molecule has 0 bridgehead atoms. The molecule has 142 valence electrons. The van der Waals surface area contributed by atoms with Gasteiger partial charge in [-0.1, -0.05) is 56.9 Å². The average Bonchev–Trinajstić information content (AvgIpc) is 2.96. The molecule has 0 amide bonds. The van der Waals surface area contributed by atoms with Crippen LogP contribution in [0.5, 0.6) is 0 Å². The number of nitrogens with two attached hydrogens (primary N) is 1. The summed E-state index contributed by atoms with van der Waals surface area (Å²) in [7, 11) is -4.46. The molecule has 1 saturated carbocycles. The van der Waals surface area contributed by atoms with Crippen molar-refractivity contribution in [1.29, 1.82) is 0 Å². The van der Waals surface area contributed by atoms with Crippen LogP contribution >= 0.6 is 7.82 Å². The number of hydrogen-bond donors (Lipinski definition) is 3. The van der Waals surface area contributed by atoms with Crippen LogP contribution < -0.4 is 5.73 Å². The van der Waals surface area contributed by atoms with E-state index in [1.165, 1.54) is 43.2 Å². The maximum absolute atomic E-state index is 10.9. The minimum atomic E-state index is -4.46. The van der Waals surface area contributed by atoms with E-state index in [9.17, 15) is 4.57 Å². The van der Waals surface area contributed by atoms with E-state index in [0.717, 1.165) is 19.3 Å². The molecule has 2 atom stereocenters. The molecular formula is C19H32NO4P. The van der Waals surface area contributed by atoms with E-state index in [1.807, 2.05) is 0 Å². The van der Waals surface area contributed by atoms with Gasteiger partial charge in [0.2, 0.25) is 0 Å². The molecule has 0 radical (unpaired) electrons. The maximum Gasteiger partial charge on any atom is 0.469 e. The number of benzene rings is 1. The lowest BCUT2D eigenvalue weighted by Gasteiger charge is -2.24. The molecule has 0 aromatic heterocycles. The zero-order chi connectivity index (χ0) is 18.3. The quantitative estimate of drug-likeness (QED) is 0.423. The van der Waals surface area contributed by atoms with Crippen molar-refractivity contribution in [1.82, 2.24) is 0 Å². The Hall–Kier alpha value is -0.710. The Kier molecular flexibility index (Phi) is 7.66. The molecule has 5 nitrogen and oxygen atoms in total. The molecule has 0 heterocycles. The highest BCUT2D eigenvalue weighted by Crippen LogP contribution is 2.43. The molecule has 4 N–H and O–H groups in total. The van der Waals surface area contributed by atoms with Crippen molar-refractivity contribution in [2.75, 3.05) is 6.61 Å². The van der Waals surface area contributed by atoms with Crippen molar-refractivity contribution in [3.8, 4) is 0 Å². The molecule has 1 aromatic carbocycles. The zero-order valence-electron chi connectivity index (χ0n) is 15.2. The normalized spacial score (nSPS) is 23.9. The summed E-state index contributed by atoms with van der Waals surface area (Å²) in [5.41, 5.74) is 8.25. The van der Waals surface area contributed by atoms with Gasteiger partial charge < -0.3 is 15.5 Å². The Morgan fingerprint density at radius 1 is 1.20 bits per heavy atom. The summed E-state index contributed by atoms with van der Waals surface area (Å²) in [6, 6.07) is 8.78. The van der Waals surface area contributed by atoms with E-state index in [0.29, 0.717) is 12.3 Å². The molecule has 1 aromatic rings. The Morgan fingerprint density at radius 2 is 1.88 bits per heavy atom. The van der Waals surface area contributed by atoms with Crippen LogP contribution in [-0.4, -0.2) is 21.9 Å². The van der Waals surface area contributed by atoms with E-state index in [1.54, 1.807) is 0 Å². The second kappa shape index (κ2) is 9.29. The lowest BCUT2D eigenvalue weighted by Crippen LogP contribution is -2.41. The van der Waals surface area contributed by atoms with Crippen LogP contribution in [0.3, 0.4) is 0 Å². The van der Waals surface area contributed by atoms with E-state index < -0.39 is 13.4 Å². The van der Waals surface area contributed by atoms with Crippen LogP contribution in [0.1, 0.15) is 75.3 Å². The highest BCUT2D eigenvalue weighted by Gasteiger charge is 2.38. The first-order valence-corrected chi connectivity index (χ1v) is 10.9. The van der Waals surface area contributed by atoms with Crippen LogP contribution in [0.15, 0.2) is 24.3 Å². The molecular weight excluding hydrogens is 337 g/mol. The van der Waals surface area contributed by atoms with Crippen molar-refractivity contribution in [2.45, 2.75) is 76.2 Å². The largest absolute Gasteiger partial charge is 0.469 e. The maximum atomic E-state index is 10.9. The Labute approximate surface area is 151 Å². The van der Waals surface area contributed by atoms with Crippen LogP contribution in [0, 0.1) is 0 Å². The van der Waals surface area contributed by atoms with E-state index in [-0.39, 0.29) is 6.61 Å². The van der Waals surface area contributed by atoms with Gasteiger partial charge in [-0.25, -0.2) is 4.57 Å². The summed E-state index contributed by atoms with van der Waals surface area (Å²) < 4.78 is 15.5. The minimum Gasteiger partial charge on any atom is -0.323 e. The highest BCUT2D eigenvalue weighted by molar-refractivity contribution is 7.46. The molecule has 6 heteroatoms. The summed E-state index contributed by atoms with van der Waals surface area (Å²) in [5.74, 6) is 0.337. The number of phosphoric acid groups is 1. The lowest BCUT2D eigenvalue weighted by atomic mass is 9.92. The average molecular weight is 369 g/mol. The van der Waals surface area contributed by atoms with Gasteiger partial charge in [-0.2, -0.15) is 0 Å². The van der Waals surface area contributed by atoms with E-state index in [4.69, 9.17) is 15.5 Å². The molecule has 2 rings (SSSR count). The van der Waals surface area contributed by atoms with E-state index in [2.05, 4.69) is 35.7 Å². The lowest BCUT2D eigenvalue weighted by molar-refractivity contribution is 0.153. The first kappa shape index (κ1) is 20.6. The Morgan fingerprint density at radius 3 is 2.52 bits per heavy atom. The number of hydrogen-bond acceptors (Lipinski definition) is 3. The first-order chi connectivity index (χ1) is 11.8.